The van der Waals surface area contributed by atoms with Crippen LogP contribution >= 0.6 is 0 Å². The molecule has 1 saturated heterocycles. The van der Waals surface area contributed by atoms with E-state index in [1.54, 1.807) is 20.8 Å². The molecule has 2 N–H and O–H groups in total. The summed E-state index contributed by atoms with van der Waals surface area (Å²) in [6.07, 6.45) is -0.521. The van der Waals surface area contributed by atoms with Gasteiger partial charge in [0.05, 0.1) is 13.1 Å². The summed E-state index contributed by atoms with van der Waals surface area (Å²) in [5, 5.41) is 19.0. The molecule has 20 heavy (non-hydrogen) atoms. The molecule has 0 aliphatic carbocycles. The highest BCUT2D eigenvalue weighted by Crippen LogP contribution is 2.33. The van der Waals surface area contributed by atoms with Gasteiger partial charge in [-0.3, -0.25) is 0 Å². The summed E-state index contributed by atoms with van der Waals surface area (Å²) in [7, 11) is 0. The Labute approximate surface area is 115 Å². The summed E-state index contributed by atoms with van der Waals surface area (Å²) in [6.45, 7) is 5.27. The number of carbonyl (C=O) groups is 2. The molecule has 1 aliphatic heterocycles. The van der Waals surface area contributed by atoms with Crippen molar-refractivity contribution in [2.24, 2.45) is 0 Å². The van der Waals surface area contributed by atoms with Crippen molar-refractivity contribution in [2.75, 3.05) is 13.1 Å². The van der Waals surface area contributed by atoms with Crippen LogP contribution in [0.4, 0.5) is 4.79 Å². The van der Waals surface area contributed by atoms with Crippen LogP contribution in [0.3, 0.4) is 0 Å². The van der Waals surface area contributed by atoms with Crippen molar-refractivity contribution in [3.05, 3.63) is 23.7 Å². The predicted octanol–water partition coefficient (Wildman–Crippen LogP) is 1.42. The van der Waals surface area contributed by atoms with E-state index in [-0.39, 0.29) is 24.6 Å². The number of amides is 1. The lowest BCUT2D eigenvalue weighted by molar-refractivity contribution is -0.114. The highest BCUT2D eigenvalue weighted by atomic mass is 16.6. The molecule has 0 atom stereocenters. The fourth-order valence-corrected chi connectivity index (χ4v) is 1.90. The Morgan fingerprint density at radius 1 is 1.35 bits per heavy atom. The first-order valence-corrected chi connectivity index (χ1v) is 6.15. The van der Waals surface area contributed by atoms with Gasteiger partial charge in [0.25, 0.3) is 0 Å². The van der Waals surface area contributed by atoms with Crippen LogP contribution < -0.4 is 0 Å². The van der Waals surface area contributed by atoms with Gasteiger partial charge in [0, 0.05) is 0 Å². The first-order valence-electron chi connectivity index (χ1n) is 6.15. The molecule has 110 valence electrons. The molecule has 7 heteroatoms. The number of furan rings is 1. The molecule has 1 aliphatic rings. The number of likely N-dealkylation sites (tertiary alicyclic amines) is 1. The smallest absolute Gasteiger partial charge is 0.410 e. The molecule has 0 aromatic carbocycles. The van der Waals surface area contributed by atoms with E-state index < -0.39 is 23.3 Å². The van der Waals surface area contributed by atoms with Crippen molar-refractivity contribution < 1.29 is 29.0 Å². The van der Waals surface area contributed by atoms with Gasteiger partial charge in [0.1, 0.15) is 11.4 Å². The van der Waals surface area contributed by atoms with Crippen molar-refractivity contribution in [1.29, 1.82) is 0 Å². The number of aliphatic hydroxyl groups is 1. The number of carboxylic acids is 1. The third-order valence-corrected chi connectivity index (χ3v) is 2.83. The lowest BCUT2D eigenvalue weighted by atomic mass is 9.92. The maximum Gasteiger partial charge on any atom is 0.410 e. The molecule has 1 fully saturated rings. The van der Waals surface area contributed by atoms with Gasteiger partial charge in [-0.25, -0.2) is 9.59 Å². The number of nitrogens with zero attached hydrogens (tertiary/aromatic N) is 1. The highest BCUT2D eigenvalue weighted by Gasteiger charge is 2.48. The highest BCUT2D eigenvalue weighted by molar-refractivity contribution is 5.84. The molecule has 0 spiro atoms. The average molecular weight is 283 g/mol. The zero-order chi connectivity index (χ0) is 15.1. The standard InChI is InChI=1S/C13H17NO6/c1-12(2,3)20-11(17)14-6-13(18,7-14)9-5-4-8(19-9)10(15)16/h4-5,18H,6-7H2,1-3H3,(H,15,16). The van der Waals surface area contributed by atoms with E-state index >= 15 is 0 Å². The van der Waals surface area contributed by atoms with Crippen LogP contribution in [0.1, 0.15) is 37.1 Å². The SMILES string of the molecule is CC(C)(C)OC(=O)N1CC(O)(c2ccc(C(=O)O)o2)C1. The normalized spacial score (nSPS) is 17.5. The van der Waals surface area contributed by atoms with Crippen molar-refractivity contribution in [3.63, 3.8) is 0 Å². The van der Waals surface area contributed by atoms with E-state index in [1.807, 2.05) is 0 Å². The fourth-order valence-electron chi connectivity index (χ4n) is 1.90. The second-order valence-corrected chi connectivity index (χ2v) is 5.84. The zero-order valence-electron chi connectivity index (χ0n) is 11.5. The minimum Gasteiger partial charge on any atom is -0.475 e. The molecule has 0 radical (unpaired) electrons. The third-order valence-electron chi connectivity index (χ3n) is 2.83. The fraction of sp³-hybridized carbons (Fsp3) is 0.538. The Hall–Kier alpha value is -2.02. The molecule has 1 amide bonds. The zero-order valence-corrected chi connectivity index (χ0v) is 11.5. The van der Waals surface area contributed by atoms with Crippen LogP contribution in [0.15, 0.2) is 16.5 Å². The monoisotopic (exact) mass is 283 g/mol. The second kappa shape index (κ2) is 4.52. The van der Waals surface area contributed by atoms with Gasteiger partial charge in [-0.2, -0.15) is 0 Å². The number of ether oxygens (including phenoxy) is 1. The molecule has 0 unspecified atom stereocenters. The van der Waals surface area contributed by atoms with Crippen molar-refractivity contribution in [1.82, 2.24) is 4.90 Å². The molecule has 2 heterocycles. The maximum absolute atomic E-state index is 11.7. The third kappa shape index (κ3) is 2.77. The Morgan fingerprint density at radius 3 is 2.40 bits per heavy atom. The second-order valence-electron chi connectivity index (χ2n) is 5.84. The Balaban J connectivity index is 1.99. The van der Waals surface area contributed by atoms with E-state index in [4.69, 9.17) is 14.3 Å². The lowest BCUT2D eigenvalue weighted by Crippen LogP contribution is -2.61. The quantitative estimate of drug-likeness (QED) is 0.851. The van der Waals surface area contributed by atoms with Crippen LogP contribution in [0.2, 0.25) is 0 Å². The molecule has 2 rings (SSSR count). The van der Waals surface area contributed by atoms with Gasteiger partial charge >= 0.3 is 12.1 Å². The number of carboxylic acid groups (broad SMARTS) is 1. The molecule has 0 bridgehead atoms. The first-order chi connectivity index (χ1) is 9.11. The minimum atomic E-state index is -1.36. The molecule has 1 aromatic heterocycles. The van der Waals surface area contributed by atoms with E-state index in [0.717, 1.165) is 0 Å². The number of hydrogen-bond acceptors (Lipinski definition) is 5. The van der Waals surface area contributed by atoms with E-state index in [0.29, 0.717) is 0 Å². The Morgan fingerprint density at radius 2 is 1.95 bits per heavy atom. The minimum absolute atomic E-state index is 0.00842. The van der Waals surface area contributed by atoms with Gasteiger partial charge in [-0.1, -0.05) is 0 Å². The van der Waals surface area contributed by atoms with E-state index in [2.05, 4.69) is 0 Å². The number of rotatable bonds is 2. The summed E-state index contributed by atoms with van der Waals surface area (Å²) in [6, 6.07) is 2.67. The number of β-amino-alcohol motifs (C(OH)–C–C–N with tert-alkyl or cyclic N) is 1. The van der Waals surface area contributed by atoms with Gasteiger partial charge in [0.2, 0.25) is 5.76 Å². The van der Waals surface area contributed by atoms with E-state index in [9.17, 15) is 14.7 Å². The van der Waals surface area contributed by atoms with Crippen LogP contribution in [0, 0.1) is 0 Å². The topological polar surface area (TPSA) is 100 Å². The Kier molecular flexibility index (Phi) is 3.25. The summed E-state index contributed by atoms with van der Waals surface area (Å²) in [5.41, 5.74) is -1.96. The molecular weight excluding hydrogens is 266 g/mol. The molecule has 0 saturated carbocycles. The molecular formula is C13H17NO6. The lowest BCUT2D eigenvalue weighted by Gasteiger charge is -2.44. The van der Waals surface area contributed by atoms with Crippen molar-refractivity contribution >= 4 is 12.1 Å². The van der Waals surface area contributed by atoms with Crippen LogP contribution in [-0.4, -0.2) is 45.9 Å². The maximum atomic E-state index is 11.7. The van der Waals surface area contributed by atoms with E-state index in [1.165, 1.54) is 17.0 Å². The largest absolute Gasteiger partial charge is 0.475 e. The van der Waals surface area contributed by atoms with Crippen LogP contribution in [0.5, 0.6) is 0 Å². The number of hydrogen-bond donors (Lipinski definition) is 2. The predicted molar refractivity (Wildman–Crippen MR) is 67.4 cm³/mol. The first kappa shape index (κ1) is 14.4. The molecule has 7 nitrogen and oxygen atoms in total. The number of aromatic carboxylic acids is 1. The van der Waals surface area contributed by atoms with Crippen LogP contribution in [-0.2, 0) is 10.3 Å². The Bertz CT molecular complexity index is 535. The van der Waals surface area contributed by atoms with Gasteiger partial charge in [0.15, 0.2) is 5.60 Å². The van der Waals surface area contributed by atoms with Gasteiger partial charge in [-0.05, 0) is 32.9 Å². The summed E-state index contributed by atoms with van der Waals surface area (Å²) in [5.74, 6) is -1.32. The summed E-state index contributed by atoms with van der Waals surface area (Å²) >= 11 is 0. The van der Waals surface area contributed by atoms with Gasteiger partial charge < -0.3 is 24.3 Å². The van der Waals surface area contributed by atoms with Gasteiger partial charge in [-0.15, -0.1) is 0 Å². The van der Waals surface area contributed by atoms with Crippen molar-refractivity contribution in [3.8, 4) is 0 Å². The van der Waals surface area contributed by atoms with Crippen LogP contribution in [0.25, 0.3) is 0 Å². The van der Waals surface area contributed by atoms with Crippen molar-refractivity contribution in [2.45, 2.75) is 32.0 Å². The molecule has 1 aromatic rings. The average Bonchev–Trinajstić information content (AvgIpc) is 2.71. The number of carbonyl (C=O) groups excluding carboxylic acids is 1. The summed E-state index contributed by atoms with van der Waals surface area (Å²) < 4.78 is 10.2. The summed E-state index contributed by atoms with van der Waals surface area (Å²) in [4.78, 5) is 23.8.